The number of carbonyl (C=O) groups excluding carboxylic acids is 2. The normalized spacial score (nSPS) is 21.6. The lowest BCUT2D eigenvalue weighted by atomic mass is 9.96. The molecule has 4 aliphatic heterocycles. The monoisotopic (exact) mass is 888 g/mol. The van der Waals surface area contributed by atoms with Crippen LogP contribution in [0.4, 0.5) is 23.0 Å². The fraction of sp³-hybridized carbons (Fsp3) is 0.375. The Bertz CT molecular complexity index is 3280. The Kier molecular flexibility index (Phi) is 9.63. The minimum Gasteiger partial charge on any atom is -0.377 e. The van der Waals surface area contributed by atoms with Gasteiger partial charge < -0.3 is 51.2 Å². The van der Waals surface area contributed by atoms with Crippen LogP contribution < -0.4 is 36.8 Å². The summed E-state index contributed by atoms with van der Waals surface area (Å²) in [5.41, 5.74) is 8.60. The molecule has 2 aromatic carbocycles. The van der Waals surface area contributed by atoms with Gasteiger partial charge in [0, 0.05) is 63.1 Å². The maximum Gasteiger partial charge on any atom is 0.256 e. The van der Waals surface area contributed by atoms with Crippen molar-refractivity contribution in [1.82, 2.24) is 49.6 Å². The van der Waals surface area contributed by atoms with Crippen LogP contribution in [0.1, 0.15) is 46.2 Å². The number of likely N-dealkylation sites (tertiary alicyclic amines) is 1. The van der Waals surface area contributed by atoms with E-state index in [4.69, 9.17) is 29.4 Å². The van der Waals surface area contributed by atoms with Crippen molar-refractivity contribution in [3.8, 4) is 0 Å². The van der Waals surface area contributed by atoms with E-state index < -0.39 is 6.10 Å². The van der Waals surface area contributed by atoms with Gasteiger partial charge in [0.15, 0.2) is 22.6 Å². The third-order valence-electron chi connectivity index (χ3n) is 13.6. The number of aromatic nitrogens is 6. The van der Waals surface area contributed by atoms with Gasteiger partial charge in [0.2, 0.25) is 0 Å². The molecular weight excluding hydrogens is 837 g/mol. The molecule has 18 nitrogen and oxygen atoms in total. The smallest absolute Gasteiger partial charge is 0.256 e. The second-order valence-corrected chi connectivity index (χ2v) is 18.4. The highest BCUT2D eigenvalue weighted by Crippen LogP contribution is 2.41. The molecule has 2 unspecified atom stereocenters. The molecule has 66 heavy (non-hydrogen) atoms. The first-order valence-corrected chi connectivity index (χ1v) is 22.8. The number of likely N-dealkylation sites (N-methyl/N-ethyl adjacent to an activating group) is 1. The number of pyridine rings is 4. The van der Waals surface area contributed by atoms with E-state index in [1.54, 1.807) is 14.1 Å². The number of nitrogens with one attached hydrogen (secondary N) is 6. The van der Waals surface area contributed by atoms with Gasteiger partial charge in [-0.05, 0) is 75.0 Å². The maximum absolute atomic E-state index is 14.1. The first-order valence-electron chi connectivity index (χ1n) is 22.8. The van der Waals surface area contributed by atoms with Crippen molar-refractivity contribution in [3.05, 3.63) is 83.4 Å². The van der Waals surface area contributed by atoms with E-state index in [1.165, 1.54) is 0 Å². The van der Waals surface area contributed by atoms with E-state index in [0.29, 0.717) is 76.5 Å². The van der Waals surface area contributed by atoms with Crippen molar-refractivity contribution in [2.24, 2.45) is 0 Å². The number of rotatable bonds is 10. The van der Waals surface area contributed by atoms with Gasteiger partial charge in [0.25, 0.3) is 11.8 Å². The number of imidazole rings is 2. The summed E-state index contributed by atoms with van der Waals surface area (Å²) >= 11 is 0. The molecule has 0 aliphatic carbocycles. The van der Waals surface area contributed by atoms with E-state index in [-0.39, 0.29) is 36.0 Å². The molecule has 2 amide bonds. The second kappa shape index (κ2) is 15.6. The molecule has 10 heterocycles. The first kappa shape index (κ1) is 40.6. The molecule has 0 bridgehead atoms. The average Bonchev–Trinajstić information content (AvgIpc) is 3.86. The van der Waals surface area contributed by atoms with E-state index in [1.807, 2.05) is 57.3 Å². The highest BCUT2D eigenvalue weighted by molar-refractivity contribution is 6.15. The van der Waals surface area contributed by atoms with E-state index in [9.17, 15) is 9.59 Å². The van der Waals surface area contributed by atoms with Gasteiger partial charge in [-0.2, -0.15) is 0 Å². The lowest BCUT2D eigenvalue weighted by Crippen LogP contribution is -2.54. The first-order chi connectivity index (χ1) is 32.1. The summed E-state index contributed by atoms with van der Waals surface area (Å²) in [7, 11) is 5.38. The van der Waals surface area contributed by atoms with Gasteiger partial charge in [0.1, 0.15) is 28.9 Å². The number of ether oxygens (including phenoxy) is 2. The SMILES string of the molecule is CNC(=O)c1c(NC2COC2)c2ccc(N3C[C@@H](C)N[C@@H](C)C3)nc2n2c1nc1ccc(C3OCC3Nc3c(C(=O)NC)c4nc5ccccc5n4c4nc(NC5CN(C)C5)ccc34)cc12. The van der Waals surface area contributed by atoms with Gasteiger partial charge in [-0.1, -0.05) is 18.2 Å². The molecule has 4 atom stereocenters. The summed E-state index contributed by atoms with van der Waals surface area (Å²) < 4.78 is 16.0. The van der Waals surface area contributed by atoms with Crippen LogP contribution in [0.25, 0.3) is 55.4 Å². The van der Waals surface area contributed by atoms with E-state index in [0.717, 1.165) is 70.7 Å². The van der Waals surface area contributed by atoms with Crippen molar-refractivity contribution in [2.45, 2.75) is 50.2 Å². The van der Waals surface area contributed by atoms with Crippen LogP contribution >= 0.6 is 0 Å². The van der Waals surface area contributed by atoms with Gasteiger partial charge >= 0.3 is 0 Å². The fourth-order valence-electron chi connectivity index (χ4n) is 10.4. The van der Waals surface area contributed by atoms with Gasteiger partial charge in [-0.15, -0.1) is 0 Å². The molecular formula is C48H52N14O4. The summed E-state index contributed by atoms with van der Waals surface area (Å²) in [6.07, 6.45) is -0.399. The topological polar surface area (TPSA) is 192 Å². The lowest BCUT2D eigenvalue weighted by molar-refractivity contribution is -0.0667. The van der Waals surface area contributed by atoms with E-state index in [2.05, 4.69) is 80.8 Å². The Morgan fingerprint density at radius 1 is 0.667 bits per heavy atom. The summed E-state index contributed by atoms with van der Waals surface area (Å²) in [4.78, 5) is 53.4. The quantitative estimate of drug-likeness (QED) is 0.113. The molecule has 338 valence electrons. The van der Waals surface area contributed by atoms with Gasteiger partial charge in [0.05, 0.1) is 71.4 Å². The van der Waals surface area contributed by atoms with Gasteiger partial charge in [-0.25, -0.2) is 19.9 Å². The van der Waals surface area contributed by atoms with Crippen LogP contribution in [0, 0.1) is 0 Å². The minimum atomic E-state index is -0.399. The zero-order valence-electron chi connectivity index (χ0n) is 37.5. The number of hydrogen-bond donors (Lipinski definition) is 6. The molecule has 0 spiro atoms. The van der Waals surface area contributed by atoms with Crippen LogP contribution in [0.3, 0.4) is 0 Å². The molecule has 0 radical (unpaired) electrons. The highest BCUT2D eigenvalue weighted by atomic mass is 16.5. The number of fused-ring (bicyclic) bond motifs is 10. The molecule has 18 heteroatoms. The zero-order valence-corrected chi connectivity index (χ0v) is 37.5. The molecule has 4 aliphatic rings. The number of carbonyl (C=O) groups is 2. The van der Waals surface area contributed by atoms with Crippen LogP contribution in [-0.4, -0.2) is 143 Å². The van der Waals surface area contributed by atoms with Crippen molar-refractivity contribution in [2.75, 3.05) is 88.0 Å². The van der Waals surface area contributed by atoms with Crippen LogP contribution in [0.2, 0.25) is 0 Å². The number of amides is 2. The average molecular weight is 889 g/mol. The zero-order chi connectivity index (χ0) is 45.0. The largest absolute Gasteiger partial charge is 0.377 e. The van der Waals surface area contributed by atoms with Crippen molar-refractivity contribution < 1.29 is 19.1 Å². The van der Waals surface area contributed by atoms with Crippen molar-refractivity contribution in [3.63, 3.8) is 0 Å². The van der Waals surface area contributed by atoms with Crippen molar-refractivity contribution in [1.29, 1.82) is 0 Å². The molecule has 8 aromatic rings. The van der Waals surface area contributed by atoms with E-state index >= 15 is 0 Å². The number of anilines is 4. The molecule has 6 N–H and O–H groups in total. The standard InChI is InChI=1S/C48H52N14O4/c1-24-17-60(18-25(2)51-24)37-15-12-30-40(53-28-21-65-22-28)38(47(63)49-3)46-56-32-13-10-26(16-35(32)62(46)44(30)58-37)42-33(23-66-42)54-41-29-11-14-36(52-27-19-59(5)20-27)57-43(29)61-34-9-7-6-8-31(34)55-45(61)39(41)48(64)50-4/h6-16,24-25,27-28,33,42,51,53-54H,17-23H2,1-5H3,(H,49,63)(H,50,64)(H,52,57)/t24-,25+,33?,42?. The number of nitrogens with zero attached hydrogens (tertiary/aromatic N) is 8. The Hall–Kier alpha value is -6.86. The summed E-state index contributed by atoms with van der Waals surface area (Å²) in [6, 6.07) is 22.8. The number of para-hydroxylation sites is 2. The van der Waals surface area contributed by atoms with Crippen LogP contribution in [-0.2, 0) is 9.47 Å². The third kappa shape index (κ3) is 6.52. The lowest BCUT2D eigenvalue weighted by Gasteiger charge is -2.39. The molecule has 12 rings (SSSR count). The Labute approximate surface area is 379 Å². The maximum atomic E-state index is 14.1. The molecule has 0 saturated carbocycles. The highest BCUT2D eigenvalue weighted by Gasteiger charge is 2.37. The summed E-state index contributed by atoms with van der Waals surface area (Å²) in [6.45, 7) is 9.34. The number of piperazine rings is 1. The van der Waals surface area contributed by atoms with Gasteiger partial charge in [-0.3, -0.25) is 18.4 Å². The predicted molar refractivity (Wildman–Crippen MR) is 256 cm³/mol. The second-order valence-electron chi connectivity index (χ2n) is 18.4. The van der Waals surface area contributed by atoms with Crippen molar-refractivity contribution >= 4 is 90.3 Å². The number of hydrogen-bond acceptors (Lipinski definition) is 14. The van der Waals surface area contributed by atoms with Crippen LogP contribution in [0.5, 0.6) is 0 Å². The third-order valence-corrected chi connectivity index (χ3v) is 13.6. The summed E-state index contributed by atoms with van der Waals surface area (Å²) in [5.74, 6) is 1.09. The molecule has 4 fully saturated rings. The Morgan fingerprint density at radius 2 is 1.32 bits per heavy atom. The fourth-order valence-corrected chi connectivity index (χ4v) is 10.4. The number of benzene rings is 2. The summed E-state index contributed by atoms with van der Waals surface area (Å²) in [5, 5.41) is 22.0. The predicted octanol–water partition coefficient (Wildman–Crippen LogP) is 4.38. The Balaban J connectivity index is 0.991. The van der Waals surface area contributed by atoms with Crippen LogP contribution in [0.15, 0.2) is 66.7 Å². The Morgan fingerprint density at radius 3 is 1.97 bits per heavy atom. The minimum absolute atomic E-state index is 0.0446. The molecule has 4 saturated heterocycles. The molecule has 6 aromatic heterocycles.